The van der Waals surface area contributed by atoms with Crippen LogP contribution in [0.5, 0.6) is 0 Å². The third-order valence-corrected chi connectivity index (χ3v) is 1.29. The summed E-state index contributed by atoms with van der Waals surface area (Å²) in [5.41, 5.74) is 0. The molecule has 0 aromatic heterocycles. The Balaban J connectivity index is -0.0000000876. The van der Waals surface area contributed by atoms with E-state index in [0.717, 1.165) is 12.2 Å². The summed E-state index contributed by atoms with van der Waals surface area (Å²) in [7, 11) is 3.14. The summed E-state index contributed by atoms with van der Waals surface area (Å²) in [5, 5.41) is 7.60. The number of hydrogen-bond donors (Lipinski definition) is 2. The van der Waals surface area contributed by atoms with Crippen molar-refractivity contribution < 1.29 is 51.9 Å². The normalized spacial score (nSPS) is 10.1. The molecular formula is C11H18N3O4Y. The summed E-state index contributed by atoms with van der Waals surface area (Å²) in [4.78, 5) is 39.0. The molecule has 19 heavy (non-hydrogen) atoms. The number of amides is 4. The summed E-state index contributed by atoms with van der Waals surface area (Å²) in [6, 6.07) is 0. The van der Waals surface area contributed by atoms with Gasteiger partial charge < -0.3 is 37.8 Å². The first-order chi connectivity index (χ1) is 8.01. The molecule has 0 aliphatic carbocycles. The monoisotopic (exact) mass is 345 g/mol. The quantitative estimate of drug-likeness (QED) is 0.412. The van der Waals surface area contributed by atoms with E-state index in [0.29, 0.717) is 6.42 Å². The van der Waals surface area contributed by atoms with Gasteiger partial charge in [0.2, 0.25) is 5.91 Å². The second-order valence-corrected chi connectivity index (χ2v) is 2.50. The first-order valence-corrected chi connectivity index (χ1v) is 4.74. The molecule has 104 valence electrons. The molecule has 0 atom stereocenters. The Bertz CT molecular complexity index is 284. The summed E-state index contributed by atoms with van der Waals surface area (Å²) in [6.45, 7) is 1.82. The van der Waals surface area contributed by atoms with E-state index in [2.05, 4.69) is 16.0 Å². The van der Waals surface area contributed by atoms with Crippen molar-refractivity contribution in [1.82, 2.24) is 10.6 Å². The molecule has 0 fully saturated rings. The Hall–Kier alpha value is -1.08. The van der Waals surface area contributed by atoms with Gasteiger partial charge >= 0.3 is 32.7 Å². The third kappa shape index (κ3) is 22.6. The minimum absolute atomic E-state index is 0. The van der Waals surface area contributed by atoms with Gasteiger partial charge in [0, 0.05) is 13.5 Å². The molecule has 2 N–H and O–H groups in total. The molecule has 1 heterocycles. The number of nitrogens with one attached hydrogen (secondary N) is 2. The van der Waals surface area contributed by atoms with Crippen molar-refractivity contribution >= 4 is 24.1 Å². The van der Waals surface area contributed by atoms with E-state index in [1.54, 1.807) is 7.05 Å². The summed E-state index contributed by atoms with van der Waals surface area (Å²) >= 11 is 0. The molecule has 7 nitrogen and oxygen atoms in total. The van der Waals surface area contributed by atoms with Gasteiger partial charge in [-0.2, -0.15) is 6.41 Å². The van der Waals surface area contributed by atoms with Crippen LogP contribution in [0.3, 0.4) is 0 Å². The predicted octanol–water partition coefficient (Wildman–Crippen LogP) is -0.154. The van der Waals surface area contributed by atoms with Crippen LogP contribution in [0, 0.1) is 7.43 Å². The average molecular weight is 345 g/mol. The molecule has 0 spiro atoms. The van der Waals surface area contributed by atoms with Crippen molar-refractivity contribution in [2.45, 2.75) is 13.3 Å². The Morgan fingerprint density at radius 2 is 1.63 bits per heavy atom. The summed E-state index contributed by atoms with van der Waals surface area (Å²) < 4.78 is 0. The van der Waals surface area contributed by atoms with Crippen LogP contribution in [0.15, 0.2) is 12.2 Å². The standard InChI is InChI=1S/C4H3NO2.C4H9NO.C2H4NO.CH3.Y/c6-3-1-2-4(7)5-3;1-3-4(6)5-2;1-3-2-4;;/h1-2H,(H,5,6,7);3H2,1-2H3,(H,5,6);1H3,(H,3,4);1H3;/q;;2*-1;+3/p-1. The fourth-order valence-corrected chi connectivity index (χ4v) is 0.502. The van der Waals surface area contributed by atoms with Gasteiger partial charge in [0.25, 0.3) is 0 Å². The molecule has 1 aliphatic heterocycles. The largest absolute Gasteiger partial charge is 3.00 e. The topological polar surface area (TPSA) is 106 Å². The second kappa shape index (κ2) is 19.3. The molecule has 4 amide bonds. The fraction of sp³-hybridized carbons (Fsp3) is 0.364. The van der Waals surface area contributed by atoms with E-state index in [1.165, 1.54) is 13.5 Å². The maximum atomic E-state index is 10.1. The Morgan fingerprint density at radius 1 is 1.26 bits per heavy atom. The van der Waals surface area contributed by atoms with Gasteiger partial charge in [-0.05, 0) is 19.2 Å². The minimum Gasteiger partial charge on any atom is -0.589 e. The van der Waals surface area contributed by atoms with Gasteiger partial charge in [0.15, 0.2) is 0 Å². The van der Waals surface area contributed by atoms with E-state index in [-0.39, 0.29) is 46.0 Å². The van der Waals surface area contributed by atoms with E-state index in [9.17, 15) is 14.4 Å². The number of rotatable bonds is 2. The van der Waals surface area contributed by atoms with Crippen molar-refractivity contribution in [2.75, 3.05) is 14.1 Å². The SMILES string of the molecule is CCC(=O)NC.CN[C-]=O.O=C1C=CC(=O)[N-]1.[CH3-].[Y+3]. The number of hydrogen-bond acceptors (Lipinski definition) is 4. The Labute approximate surface area is 138 Å². The smallest absolute Gasteiger partial charge is 0.589 e. The van der Waals surface area contributed by atoms with Gasteiger partial charge in [-0.1, -0.05) is 6.92 Å². The summed E-state index contributed by atoms with van der Waals surface area (Å²) in [6.07, 6.45) is 4.29. The van der Waals surface area contributed by atoms with Gasteiger partial charge in [-0.3, -0.25) is 4.79 Å². The Morgan fingerprint density at radius 3 is 1.68 bits per heavy atom. The van der Waals surface area contributed by atoms with Gasteiger partial charge in [-0.15, -0.1) is 0 Å². The van der Waals surface area contributed by atoms with Gasteiger partial charge in [0.1, 0.15) is 0 Å². The van der Waals surface area contributed by atoms with Crippen molar-refractivity contribution in [1.29, 1.82) is 0 Å². The van der Waals surface area contributed by atoms with Crippen LogP contribution in [0.2, 0.25) is 0 Å². The molecule has 1 rings (SSSR count). The van der Waals surface area contributed by atoms with Crippen molar-refractivity contribution in [2.24, 2.45) is 0 Å². The molecular weight excluding hydrogens is 327 g/mol. The van der Waals surface area contributed by atoms with Crippen LogP contribution in [0.25, 0.3) is 5.32 Å². The molecule has 0 aromatic rings. The number of carbonyl (C=O) groups excluding carboxylic acids is 4. The van der Waals surface area contributed by atoms with Crippen molar-refractivity contribution in [3.63, 3.8) is 0 Å². The van der Waals surface area contributed by atoms with Gasteiger partial charge in [-0.25, -0.2) is 0 Å². The van der Waals surface area contributed by atoms with Crippen LogP contribution in [0.4, 0.5) is 0 Å². The second-order valence-electron chi connectivity index (χ2n) is 2.50. The summed E-state index contributed by atoms with van der Waals surface area (Å²) in [5.74, 6) is -0.815. The predicted molar refractivity (Wildman–Crippen MR) is 68.0 cm³/mol. The number of nitrogens with zero attached hydrogens (tertiary/aromatic N) is 1. The zero-order chi connectivity index (χ0) is 13.7. The molecule has 0 radical (unpaired) electrons. The van der Waals surface area contributed by atoms with Crippen LogP contribution in [-0.4, -0.2) is 38.2 Å². The van der Waals surface area contributed by atoms with Crippen LogP contribution >= 0.6 is 0 Å². The van der Waals surface area contributed by atoms with Crippen molar-refractivity contribution in [3.05, 3.63) is 24.9 Å². The molecule has 0 saturated carbocycles. The average Bonchev–Trinajstić information content (AvgIpc) is 2.73. The van der Waals surface area contributed by atoms with Crippen LogP contribution in [0.1, 0.15) is 13.3 Å². The molecule has 0 unspecified atom stereocenters. The van der Waals surface area contributed by atoms with Crippen molar-refractivity contribution in [3.8, 4) is 0 Å². The van der Waals surface area contributed by atoms with E-state index in [1.807, 2.05) is 6.92 Å². The Kier molecular flexibility index (Phi) is 26.9. The first kappa shape index (κ1) is 26.5. The fourth-order valence-electron chi connectivity index (χ4n) is 0.502. The zero-order valence-corrected chi connectivity index (χ0v) is 14.4. The molecule has 0 saturated heterocycles. The van der Waals surface area contributed by atoms with Crippen LogP contribution < -0.4 is 10.6 Å². The zero-order valence-electron chi connectivity index (χ0n) is 11.5. The van der Waals surface area contributed by atoms with E-state index < -0.39 is 11.8 Å². The van der Waals surface area contributed by atoms with Gasteiger partial charge in [0.05, 0.1) is 11.8 Å². The van der Waals surface area contributed by atoms with Crippen LogP contribution in [-0.2, 0) is 51.9 Å². The first-order valence-electron chi connectivity index (χ1n) is 4.74. The molecule has 1 aliphatic rings. The molecule has 8 heteroatoms. The maximum absolute atomic E-state index is 10.1. The van der Waals surface area contributed by atoms with E-state index in [4.69, 9.17) is 4.79 Å². The minimum atomic E-state index is -0.454. The van der Waals surface area contributed by atoms with E-state index >= 15 is 0 Å². The molecule has 0 aromatic carbocycles. The maximum Gasteiger partial charge on any atom is 3.00 e. The number of carbonyl (C=O) groups is 3. The molecule has 0 bridgehead atoms. The number of imide groups is 1. The third-order valence-electron chi connectivity index (χ3n) is 1.29.